The molecule has 1 heterocycles. The molecule has 0 aliphatic heterocycles. The molecule has 0 aliphatic carbocycles. The number of carbonyl (C=O) groups excluding carboxylic acids is 1. The first-order valence-electron chi connectivity index (χ1n) is 9.98. The topological polar surface area (TPSA) is 53.2 Å². The molecule has 0 aliphatic rings. The number of aromatic nitrogens is 1. The second kappa shape index (κ2) is 7.99. The summed E-state index contributed by atoms with van der Waals surface area (Å²) in [4.78, 5) is 30.8. The average molecular weight is 396 g/mol. The van der Waals surface area contributed by atoms with E-state index in [-0.39, 0.29) is 18.0 Å². The highest BCUT2D eigenvalue weighted by Gasteiger charge is 2.20. The number of benzene rings is 3. The molecule has 4 nitrogen and oxygen atoms in total. The Bertz CT molecular complexity index is 1290. The molecule has 30 heavy (non-hydrogen) atoms. The lowest BCUT2D eigenvalue weighted by atomic mass is 10.1. The molecule has 0 atom stereocenters. The van der Waals surface area contributed by atoms with Gasteiger partial charge in [-0.05, 0) is 73.7 Å². The number of aryl methyl sites for hydroxylation is 3. The smallest absolute Gasteiger partial charge is 0.258 e. The molecule has 4 aromatic rings. The van der Waals surface area contributed by atoms with E-state index in [9.17, 15) is 9.59 Å². The molecule has 0 bridgehead atoms. The summed E-state index contributed by atoms with van der Waals surface area (Å²) in [5.41, 5.74) is 5.76. The maximum absolute atomic E-state index is 13.4. The number of fused-ring (bicyclic) bond motifs is 1. The number of anilines is 1. The summed E-state index contributed by atoms with van der Waals surface area (Å²) in [5, 5.41) is 0.946. The predicted octanol–water partition coefficient (Wildman–Crippen LogP) is 5.30. The SMILES string of the molecule is Cc1ccc(C(=O)N(Cc2cc3ccc(C)cc3[nH]c2=O)c2cccc(C)c2)cc1. The molecule has 4 heteroatoms. The van der Waals surface area contributed by atoms with Gasteiger partial charge < -0.3 is 9.88 Å². The molecule has 1 aromatic heterocycles. The lowest BCUT2D eigenvalue weighted by molar-refractivity contribution is 0.0985. The van der Waals surface area contributed by atoms with E-state index < -0.39 is 0 Å². The van der Waals surface area contributed by atoms with Crippen LogP contribution in [0.1, 0.15) is 32.6 Å². The maximum atomic E-state index is 13.4. The largest absolute Gasteiger partial charge is 0.322 e. The van der Waals surface area contributed by atoms with Gasteiger partial charge in [-0.1, -0.05) is 42.0 Å². The van der Waals surface area contributed by atoms with Gasteiger partial charge in [0.05, 0.1) is 6.54 Å². The molecular weight excluding hydrogens is 372 g/mol. The number of hydrogen-bond donors (Lipinski definition) is 1. The fourth-order valence-corrected chi connectivity index (χ4v) is 3.58. The quantitative estimate of drug-likeness (QED) is 0.509. The number of H-pyrrole nitrogens is 1. The summed E-state index contributed by atoms with van der Waals surface area (Å²) in [7, 11) is 0. The van der Waals surface area contributed by atoms with Gasteiger partial charge in [0.25, 0.3) is 11.5 Å². The highest BCUT2D eigenvalue weighted by molar-refractivity contribution is 6.06. The summed E-state index contributed by atoms with van der Waals surface area (Å²) in [6, 6.07) is 23.1. The molecule has 0 spiro atoms. The Balaban J connectivity index is 1.78. The third-order valence-electron chi connectivity index (χ3n) is 5.26. The van der Waals surface area contributed by atoms with Gasteiger partial charge in [-0.2, -0.15) is 0 Å². The van der Waals surface area contributed by atoms with Crippen LogP contribution in [0.2, 0.25) is 0 Å². The highest BCUT2D eigenvalue weighted by atomic mass is 16.2. The molecule has 0 saturated heterocycles. The molecule has 1 amide bonds. The number of aromatic amines is 1. The van der Waals surface area contributed by atoms with Gasteiger partial charge >= 0.3 is 0 Å². The predicted molar refractivity (Wildman–Crippen MR) is 122 cm³/mol. The Morgan fingerprint density at radius 3 is 2.27 bits per heavy atom. The van der Waals surface area contributed by atoms with Crippen LogP contribution in [0.4, 0.5) is 5.69 Å². The molecule has 1 N–H and O–H groups in total. The number of pyridine rings is 1. The molecule has 150 valence electrons. The van der Waals surface area contributed by atoms with Crippen molar-refractivity contribution in [2.24, 2.45) is 0 Å². The van der Waals surface area contributed by atoms with Crippen molar-refractivity contribution in [3.05, 3.63) is 111 Å². The molecule has 4 rings (SSSR count). The summed E-state index contributed by atoms with van der Waals surface area (Å²) >= 11 is 0. The Kier molecular flexibility index (Phi) is 5.23. The van der Waals surface area contributed by atoms with Gasteiger partial charge in [0, 0.05) is 22.3 Å². The first-order chi connectivity index (χ1) is 14.4. The Labute approximate surface area is 175 Å². The van der Waals surface area contributed by atoms with Crippen LogP contribution in [0, 0.1) is 20.8 Å². The minimum Gasteiger partial charge on any atom is -0.322 e. The third kappa shape index (κ3) is 4.03. The van der Waals surface area contributed by atoms with Crippen molar-refractivity contribution in [1.29, 1.82) is 0 Å². The Morgan fingerprint density at radius 2 is 1.53 bits per heavy atom. The van der Waals surface area contributed by atoms with Crippen LogP contribution in [0.25, 0.3) is 10.9 Å². The Morgan fingerprint density at radius 1 is 0.833 bits per heavy atom. The highest BCUT2D eigenvalue weighted by Crippen LogP contribution is 2.22. The minimum atomic E-state index is -0.178. The number of hydrogen-bond acceptors (Lipinski definition) is 2. The van der Waals surface area contributed by atoms with Crippen molar-refractivity contribution in [2.75, 3.05) is 4.90 Å². The lowest BCUT2D eigenvalue weighted by Crippen LogP contribution is -2.33. The third-order valence-corrected chi connectivity index (χ3v) is 5.26. The lowest BCUT2D eigenvalue weighted by Gasteiger charge is -2.23. The number of rotatable bonds is 4. The maximum Gasteiger partial charge on any atom is 0.258 e. The van der Waals surface area contributed by atoms with Gasteiger partial charge in [-0.3, -0.25) is 9.59 Å². The van der Waals surface area contributed by atoms with E-state index in [0.717, 1.165) is 33.3 Å². The van der Waals surface area contributed by atoms with Crippen LogP contribution in [-0.2, 0) is 6.54 Å². The Hall–Kier alpha value is -3.66. The normalized spacial score (nSPS) is 10.9. The fraction of sp³-hybridized carbons (Fsp3) is 0.154. The van der Waals surface area contributed by atoms with Gasteiger partial charge in [0.1, 0.15) is 0 Å². The summed E-state index contributed by atoms with van der Waals surface area (Å²) < 4.78 is 0. The summed E-state index contributed by atoms with van der Waals surface area (Å²) in [6.07, 6.45) is 0. The molecule has 3 aromatic carbocycles. The monoisotopic (exact) mass is 396 g/mol. The second-order valence-electron chi connectivity index (χ2n) is 7.81. The van der Waals surface area contributed by atoms with E-state index in [1.165, 1.54) is 0 Å². The van der Waals surface area contributed by atoms with Gasteiger partial charge in [0.2, 0.25) is 0 Å². The van der Waals surface area contributed by atoms with E-state index in [2.05, 4.69) is 4.98 Å². The van der Waals surface area contributed by atoms with Gasteiger partial charge in [-0.25, -0.2) is 0 Å². The first kappa shape index (κ1) is 19.6. The van der Waals surface area contributed by atoms with Gasteiger partial charge in [0.15, 0.2) is 0 Å². The van der Waals surface area contributed by atoms with E-state index in [0.29, 0.717) is 11.1 Å². The van der Waals surface area contributed by atoms with E-state index in [1.54, 1.807) is 4.90 Å². The molecule has 0 saturated carbocycles. The van der Waals surface area contributed by atoms with Crippen molar-refractivity contribution in [3.8, 4) is 0 Å². The van der Waals surface area contributed by atoms with Crippen molar-refractivity contribution in [3.63, 3.8) is 0 Å². The van der Waals surface area contributed by atoms with Crippen LogP contribution in [0.15, 0.2) is 77.6 Å². The zero-order chi connectivity index (χ0) is 21.3. The van der Waals surface area contributed by atoms with E-state index >= 15 is 0 Å². The van der Waals surface area contributed by atoms with Crippen molar-refractivity contribution >= 4 is 22.5 Å². The molecular formula is C26H24N2O2. The van der Waals surface area contributed by atoms with Crippen LogP contribution in [0.5, 0.6) is 0 Å². The van der Waals surface area contributed by atoms with Crippen molar-refractivity contribution < 1.29 is 4.79 Å². The molecule has 0 radical (unpaired) electrons. The van der Waals surface area contributed by atoms with Crippen LogP contribution in [0.3, 0.4) is 0 Å². The average Bonchev–Trinajstić information content (AvgIpc) is 2.72. The van der Waals surface area contributed by atoms with Crippen LogP contribution in [-0.4, -0.2) is 10.9 Å². The summed E-state index contributed by atoms with van der Waals surface area (Å²) in [5.74, 6) is -0.135. The van der Waals surface area contributed by atoms with Crippen molar-refractivity contribution in [1.82, 2.24) is 4.98 Å². The number of nitrogens with one attached hydrogen (secondary N) is 1. The van der Waals surface area contributed by atoms with Gasteiger partial charge in [-0.15, -0.1) is 0 Å². The minimum absolute atomic E-state index is 0.135. The van der Waals surface area contributed by atoms with Crippen LogP contribution < -0.4 is 10.5 Å². The van der Waals surface area contributed by atoms with E-state index in [4.69, 9.17) is 0 Å². The zero-order valence-corrected chi connectivity index (χ0v) is 17.4. The second-order valence-corrected chi connectivity index (χ2v) is 7.81. The first-order valence-corrected chi connectivity index (χ1v) is 9.98. The van der Waals surface area contributed by atoms with Crippen LogP contribution >= 0.6 is 0 Å². The number of carbonyl (C=O) groups is 1. The fourth-order valence-electron chi connectivity index (χ4n) is 3.58. The molecule has 0 unspecified atom stereocenters. The van der Waals surface area contributed by atoms with E-state index in [1.807, 2.05) is 93.6 Å². The van der Waals surface area contributed by atoms with Crippen molar-refractivity contribution in [2.45, 2.75) is 27.3 Å². The standard InChI is InChI=1S/C26H24N2O2/c1-17-7-10-20(11-8-17)26(30)28(23-6-4-5-18(2)13-23)16-22-15-21-12-9-19(3)14-24(21)27-25(22)29/h4-15H,16H2,1-3H3,(H,27,29). The molecule has 0 fully saturated rings. The number of nitrogens with zero attached hydrogens (tertiary/aromatic N) is 1. The summed E-state index contributed by atoms with van der Waals surface area (Å²) in [6.45, 7) is 6.16. The number of amides is 1. The zero-order valence-electron chi connectivity index (χ0n) is 17.4.